The summed E-state index contributed by atoms with van der Waals surface area (Å²) in [5.74, 6) is 1.95. The number of hydrogen-bond acceptors (Lipinski definition) is 6. The number of nitrogens with zero attached hydrogens (tertiary/aromatic N) is 4. The lowest BCUT2D eigenvalue weighted by atomic mass is 10.0. The van der Waals surface area contributed by atoms with Crippen molar-refractivity contribution in [2.45, 2.75) is 44.9 Å². The van der Waals surface area contributed by atoms with Gasteiger partial charge in [0.2, 0.25) is 0 Å². The smallest absolute Gasteiger partial charge is 0.255 e. The molecule has 1 atom stereocenters. The van der Waals surface area contributed by atoms with Gasteiger partial charge in [0.1, 0.15) is 11.6 Å². The summed E-state index contributed by atoms with van der Waals surface area (Å²) in [5, 5.41) is 0. The number of aromatic nitrogens is 2. The number of carbonyl (C=O) groups excluding carboxylic acids is 2. The highest BCUT2D eigenvalue weighted by atomic mass is 16.5. The molecule has 5 rings (SSSR count). The van der Waals surface area contributed by atoms with E-state index < -0.39 is 0 Å². The van der Waals surface area contributed by atoms with E-state index in [9.17, 15) is 9.59 Å². The molecule has 4 heterocycles. The van der Waals surface area contributed by atoms with E-state index in [0.717, 1.165) is 86.5 Å². The van der Waals surface area contributed by atoms with Crippen LogP contribution in [0.15, 0.2) is 24.5 Å². The second-order valence-electron chi connectivity index (χ2n) is 9.06. The Balaban J connectivity index is 1.38. The van der Waals surface area contributed by atoms with E-state index in [-0.39, 0.29) is 17.6 Å². The number of ketones is 1. The van der Waals surface area contributed by atoms with Crippen molar-refractivity contribution >= 4 is 23.3 Å². The number of aryl methyl sites for hydroxylation is 1. The zero-order valence-electron chi connectivity index (χ0n) is 18.7. The highest BCUT2D eigenvalue weighted by Gasteiger charge is 2.32. The molecule has 0 saturated carbocycles. The van der Waals surface area contributed by atoms with Gasteiger partial charge < -0.3 is 14.5 Å². The summed E-state index contributed by atoms with van der Waals surface area (Å²) in [6.45, 7) is 3.09. The van der Waals surface area contributed by atoms with Crippen LogP contribution in [-0.2, 0) is 17.6 Å². The summed E-state index contributed by atoms with van der Waals surface area (Å²) in [4.78, 5) is 39.0. The van der Waals surface area contributed by atoms with E-state index in [0.29, 0.717) is 12.2 Å². The Morgan fingerprint density at radius 2 is 1.91 bits per heavy atom. The van der Waals surface area contributed by atoms with Gasteiger partial charge in [-0.25, -0.2) is 9.97 Å². The Labute approximate surface area is 188 Å². The molecule has 32 heavy (non-hydrogen) atoms. The van der Waals surface area contributed by atoms with Crippen LogP contribution in [-0.4, -0.2) is 59.9 Å². The molecule has 0 spiro atoms. The van der Waals surface area contributed by atoms with Crippen molar-refractivity contribution in [3.05, 3.63) is 46.8 Å². The summed E-state index contributed by atoms with van der Waals surface area (Å²) in [5.41, 5.74) is 3.57. The number of methoxy groups -OCH3 is 1. The first-order chi connectivity index (χ1) is 15.7. The highest BCUT2D eigenvalue weighted by molar-refractivity contribution is 6.02. The third-order valence-electron chi connectivity index (χ3n) is 6.94. The first kappa shape index (κ1) is 21.1. The van der Waals surface area contributed by atoms with Crippen LogP contribution < -0.4 is 4.90 Å². The third kappa shape index (κ3) is 3.90. The Hall–Kier alpha value is -2.80. The van der Waals surface area contributed by atoms with Gasteiger partial charge in [-0.2, -0.15) is 0 Å². The van der Waals surface area contributed by atoms with Crippen molar-refractivity contribution in [3.8, 4) is 0 Å². The van der Waals surface area contributed by atoms with Crippen LogP contribution in [0.5, 0.6) is 0 Å². The first-order valence-electron chi connectivity index (χ1n) is 11.7. The molecule has 7 nitrogen and oxygen atoms in total. The molecule has 168 valence electrons. The molecule has 0 radical (unpaired) electrons. The van der Waals surface area contributed by atoms with E-state index in [1.807, 2.05) is 17.0 Å². The quantitative estimate of drug-likeness (QED) is 0.716. The monoisotopic (exact) mass is 434 g/mol. The minimum atomic E-state index is -0.0166. The summed E-state index contributed by atoms with van der Waals surface area (Å²) in [7, 11) is 1.67. The molecule has 3 aliphatic rings. The van der Waals surface area contributed by atoms with Gasteiger partial charge in [0.15, 0.2) is 5.78 Å². The molecule has 1 saturated heterocycles. The Morgan fingerprint density at radius 3 is 2.72 bits per heavy atom. The van der Waals surface area contributed by atoms with Gasteiger partial charge in [0, 0.05) is 57.2 Å². The molecule has 1 unspecified atom stereocenters. The van der Waals surface area contributed by atoms with Gasteiger partial charge in [-0.1, -0.05) is 0 Å². The van der Waals surface area contributed by atoms with Crippen LogP contribution in [0.25, 0.3) is 0 Å². The number of pyridine rings is 2. The Bertz CT molecular complexity index is 1030. The molecule has 0 aromatic carbocycles. The standard InChI is InChI=1S/C25H30N4O3/c1-32-11-7-17-12-19-14-22(26-16-21(19)23(17)30)29-10-5-6-18-13-20(15-27-24(18)29)25(31)28-8-3-2-4-9-28/h13-17H,2-12H2,1H3. The number of rotatable bonds is 5. The topological polar surface area (TPSA) is 75.6 Å². The first-order valence-corrected chi connectivity index (χ1v) is 11.7. The van der Waals surface area contributed by atoms with Gasteiger partial charge in [-0.3, -0.25) is 9.59 Å². The molecule has 0 bridgehead atoms. The average molecular weight is 435 g/mol. The number of carbonyl (C=O) groups is 2. The molecule has 1 amide bonds. The number of likely N-dealkylation sites (tertiary alicyclic amines) is 1. The zero-order chi connectivity index (χ0) is 22.1. The maximum Gasteiger partial charge on any atom is 0.255 e. The normalized spacial score (nSPS) is 20.3. The van der Waals surface area contributed by atoms with Gasteiger partial charge in [0.05, 0.1) is 5.56 Å². The predicted octanol–water partition coefficient (Wildman–Crippen LogP) is 3.58. The number of anilines is 2. The zero-order valence-corrected chi connectivity index (χ0v) is 18.7. The number of amides is 1. The summed E-state index contributed by atoms with van der Waals surface area (Å²) in [6.07, 6.45) is 10.2. The predicted molar refractivity (Wildman–Crippen MR) is 122 cm³/mol. The summed E-state index contributed by atoms with van der Waals surface area (Å²) >= 11 is 0. The highest BCUT2D eigenvalue weighted by Crippen LogP contribution is 2.35. The van der Waals surface area contributed by atoms with Crippen molar-refractivity contribution in [2.75, 3.05) is 38.3 Å². The van der Waals surface area contributed by atoms with Crippen LogP contribution in [0, 0.1) is 5.92 Å². The molecule has 2 aromatic rings. The number of hydrogen-bond donors (Lipinski definition) is 0. The lowest BCUT2D eigenvalue weighted by molar-refractivity contribution is 0.0723. The SMILES string of the molecule is COCCC1Cc2cc(N3CCCc4cc(C(=O)N5CCCCC5)cnc43)ncc2C1=O. The maximum atomic E-state index is 12.9. The summed E-state index contributed by atoms with van der Waals surface area (Å²) < 4.78 is 5.16. The lowest BCUT2D eigenvalue weighted by Crippen LogP contribution is -2.36. The second kappa shape index (κ2) is 8.98. The van der Waals surface area contributed by atoms with Gasteiger partial charge in [-0.15, -0.1) is 0 Å². The number of ether oxygens (including phenoxy) is 1. The molecule has 1 fully saturated rings. The van der Waals surface area contributed by atoms with E-state index in [4.69, 9.17) is 9.72 Å². The maximum absolute atomic E-state index is 12.9. The van der Waals surface area contributed by atoms with E-state index in [2.05, 4.69) is 9.88 Å². The second-order valence-corrected chi connectivity index (χ2v) is 9.06. The molecule has 7 heteroatoms. The van der Waals surface area contributed by atoms with Crippen LogP contribution in [0.1, 0.15) is 63.9 Å². The van der Waals surface area contributed by atoms with Crippen molar-refractivity contribution in [1.29, 1.82) is 0 Å². The molecule has 2 aromatic heterocycles. The number of Topliss-reactive ketones (excluding diaryl/α,β-unsaturated/α-hetero) is 1. The largest absolute Gasteiger partial charge is 0.385 e. The van der Waals surface area contributed by atoms with Gasteiger partial charge in [-0.05, 0) is 68.2 Å². The Morgan fingerprint density at radius 1 is 1.06 bits per heavy atom. The van der Waals surface area contributed by atoms with E-state index in [1.165, 1.54) is 6.42 Å². The number of piperidine rings is 1. The molecule has 0 N–H and O–H groups in total. The van der Waals surface area contributed by atoms with Crippen molar-refractivity contribution < 1.29 is 14.3 Å². The lowest BCUT2D eigenvalue weighted by Gasteiger charge is -2.30. The minimum absolute atomic E-state index is 0.0166. The van der Waals surface area contributed by atoms with E-state index in [1.54, 1.807) is 19.5 Å². The van der Waals surface area contributed by atoms with Gasteiger partial charge in [0.25, 0.3) is 5.91 Å². The van der Waals surface area contributed by atoms with Crippen molar-refractivity contribution in [2.24, 2.45) is 5.92 Å². The molecular weight excluding hydrogens is 404 g/mol. The summed E-state index contributed by atoms with van der Waals surface area (Å²) in [6, 6.07) is 4.06. The average Bonchev–Trinajstić information content (AvgIpc) is 3.16. The fourth-order valence-corrected chi connectivity index (χ4v) is 5.18. The molecule has 2 aliphatic heterocycles. The van der Waals surface area contributed by atoms with Crippen molar-refractivity contribution in [3.63, 3.8) is 0 Å². The van der Waals surface area contributed by atoms with Crippen LogP contribution in [0.4, 0.5) is 11.6 Å². The Kier molecular flexibility index (Phi) is 5.91. The van der Waals surface area contributed by atoms with Crippen LogP contribution in [0.2, 0.25) is 0 Å². The van der Waals surface area contributed by atoms with Gasteiger partial charge >= 0.3 is 0 Å². The van der Waals surface area contributed by atoms with Crippen molar-refractivity contribution in [1.82, 2.24) is 14.9 Å². The molecular formula is C25H30N4O3. The fraction of sp³-hybridized carbons (Fsp3) is 0.520. The fourth-order valence-electron chi connectivity index (χ4n) is 5.18. The van der Waals surface area contributed by atoms with E-state index >= 15 is 0 Å². The third-order valence-corrected chi connectivity index (χ3v) is 6.94. The van der Waals surface area contributed by atoms with Crippen LogP contribution in [0.3, 0.4) is 0 Å². The van der Waals surface area contributed by atoms with Crippen LogP contribution >= 0.6 is 0 Å². The minimum Gasteiger partial charge on any atom is -0.385 e. The number of fused-ring (bicyclic) bond motifs is 2. The molecule has 1 aliphatic carbocycles.